The Morgan fingerprint density at radius 1 is 1.23 bits per heavy atom. The minimum absolute atomic E-state index is 0.119. The first-order valence-corrected chi connectivity index (χ1v) is 6.86. The summed E-state index contributed by atoms with van der Waals surface area (Å²) in [7, 11) is 0. The van der Waals surface area contributed by atoms with Crippen LogP contribution in [0.1, 0.15) is 22.8 Å². The van der Waals surface area contributed by atoms with Crippen molar-refractivity contribution in [2.75, 3.05) is 11.9 Å². The van der Waals surface area contributed by atoms with Gasteiger partial charge in [-0.25, -0.2) is 4.79 Å². The molecule has 0 radical (unpaired) electrons. The van der Waals surface area contributed by atoms with E-state index in [1.807, 2.05) is 6.07 Å². The zero-order chi connectivity index (χ0) is 15.8. The van der Waals surface area contributed by atoms with Gasteiger partial charge in [-0.2, -0.15) is 0 Å². The number of benzene rings is 1. The molecule has 0 aliphatic carbocycles. The molecular formula is C17H16N2O3. The fraction of sp³-hybridized carbons (Fsp3) is 0.118. The molecule has 22 heavy (non-hydrogen) atoms. The number of ketones is 1. The largest absolute Gasteiger partial charge is 0.450 e. The molecular weight excluding hydrogens is 280 g/mol. The summed E-state index contributed by atoms with van der Waals surface area (Å²) in [6.07, 6.45) is 5.64. The molecule has 0 bridgehead atoms. The molecule has 0 unspecified atom stereocenters. The summed E-state index contributed by atoms with van der Waals surface area (Å²) >= 11 is 0. The maximum absolute atomic E-state index is 12.0. The van der Waals surface area contributed by atoms with E-state index in [9.17, 15) is 9.59 Å². The predicted octanol–water partition coefficient (Wildman–Crippen LogP) is 3.55. The molecule has 0 saturated carbocycles. The van der Waals surface area contributed by atoms with Gasteiger partial charge >= 0.3 is 6.09 Å². The minimum Gasteiger partial charge on any atom is -0.450 e. The molecule has 0 aliphatic rings. The van der Waals surface area contributed by atoms with Crippen LogP contribution >= 0.6 is 0 Å². The SMILES string of the molecule is CCOC(=O)Nc1ccncc1C=CC(=O)c1ccccc1. The molecule has 1 amide bonds. The van der Waals surface area contributed by atoms with Gasteiger partial charge < -0.3 is 4.74 Å². The number of nitrogens with zero attached hydrogens (tertiary/aromatic N) is 1. The average Bonchev–Trinajstić information content (AvgIpc) is 2.55. The Morgan fingerprint density at radius 3 is 2.73 bits per heavy atom. The predicted molar refractivity (Wildman–Crippen MR) is 84.7 cm³/mol. The summed E-state index contributed by atoms with van der Waals surface area (Å²) < 4.78 is 4.83. The van der Waals surface area contributed by atoms with Crippen molar-refractivity contribution in [2.24, 2.45) is 0 Å². The topological polar surface area (TPSA) is 68.3 Å². The van der Waals surface area contributed by atoms with Crippen molar-refractivity contribution in [1.82, 2.24) is 4.98 Å². The van der Waals surface area contributed by atoms with Crippen LogP contribution in [0.25, 0.3) is 6.08 Å². The van der Waals surface area contributed by atoms with Gasteiger partial charge in [0.1, 0.15) is 0 Å². The molecule has 112 valence electrons. The molecule has 1 heterocycles. The molecule has 0 saturated heterocycles. The van der Waals surface area contributed by atoms with Gasteiger partial charge in [-0.3, -0.25) is 15.1 Å². The molecule has 1 aromatic carbocycles. The number of carbonyl (C=O) groups excluding carboxylic acids is 2. The number of hydrogen-bond acceptors (Lipinski definition) is 4. The van der Waals surface area contributed by atoms with Crippen molar-refractivity contribution in [1.29, 1.82) is 0 Å². The van der Waals surface area contributed by atoms with E-state index in [0.29, 0.717) is 16.8 Å². The Hall–Kier alpha value is -2.95. The first-order valence-electron chi connectivity index (χ1n) is 6.86. The van der Waals surface area contributed by atoms with E-state index in [-0.39, 0.29) is 12.4 Å². The van der Waals surface area contributed by atoms with Crippen LogP contribution in [-0.2, 0) is 4.74 Å². The average molecular weight is 296 g/mol. The maximum Gasteiger partial charge on any atom is 0.411 e. The number of anilines is 1. The highest BCUT2D eigenvalue weighted by Crippen LogP contribution is 2.16. The van der Waals surface area contributed by atoms with E-state index in [1.165, 1.54) is 6.08 Å². The molecule has 0 aliphatic heterocycles. The van der Waals surface area contributed by atoms with Crippen LogP contribution in [-0.4, -0.2) is 23.5 Å². The normalized spacial score (nSPS) is 10.4. The second-order valence-electron chi connectivity index (χ2n) is 4.37. The Bertz CT molecular complexity index is 681. The van der Waals surface area contributed by atoms with Gasteiger partial charge in [0.2, 0.25) is 0 Å². The Kier molecular flexibility index (Phi) is 5.43. The summed E-state index contributed by atoms with van der Waals surface area (Å²) in [4.78, 5) is 27.5. The van der Waals surface area contributed by atoms with Gasteiger partial charge in [0.05, 0.1) is 12.3 Å². The summed E-state index contributed by atoms with van der Waals surface area (Å²) in [5.41, 5.74) is 1.76. The lowest BCUT2D eigenvalue weighted by Gasteiger charge is -2.07. The van der Waals surface area contributed by atoms with Crippen molar-refractivity contribution in [3.8, 4) is 0 Å². The molecule has 1 N–H and O–H groups in total. The number of nitrogens with one attached hydrogen (secondary N) is 1. The Morgan fingerprint density at radius 2 is 2.00 bits per heavy atom. The lowest BCUT2D eigenvalue weighted by Crippen LogP contribution is -2.14. The third-order valence-corrected chi connectivity index (χ3v) is 2.84. The van der Waals surface area contributed by atoms with Gasteiger partial charge in [0.25, 0.3) is 0 Å². The number of rotatable bonds is 5. The van der Waals surface area contributed by atoms with E-state index < -0.39 is 6.09 Å². The number of pyridine rings is 1. The van der Waals surface area contributed by atoms with Crippen LogP contribution in [0.2, 0.25) is 0 Å². The summed E-state index contributed by atoms with van der Waals surface area (Å²) in [6.45, 7) is 2.01. The summed E-state index contributed by atoms with van der Waals surface area (Å²) in [5, 5.41) is 2.61. The molecule has 1 aromatic heterocycles. The molecule has 5 heteroatoms. The van der Waals surface area contributed by atoms with Crippen molar-refractivity contribution in [2.45, 2.75) is 6.92 Å². The quantitative estimate of drug-likeness (QED) is 0.676. The molecule has 0 atom stereocenters. The first kappa shape index (κ1) is 15.4. The third-order valence-electron chi connectivity index (χ3n) is 2.84. The second-order valence-corrected chi connectivity index (χ2v) is 4.37. The number of allylic oxidation sites excluding steroid dienone is 1. The van der Waals surface area contributed by atoms with Crippen LogP contribution in [0.3, 0.4) is 0 Å². The fourth-order valence-corrected chi connectivity index (χ4v) is 1.79. The van der Waals surface area contributed by atoms with Crippen LogP contribution in [0.15, 0.2) is 54.9 Å². The Balaban J connectivity index is 2.14. The smallest absolute Gasteiger partial charge is 0.411 e. The first-order chi connectivity index (χ1) is 10.7. The van der Waals surface area contributed by atoms with Crippen LogP contribution in [0.4, 0.5) is 10.5 Å². The number of hydrogen-bond donors (Lipinski definition) is 1. The maximum atomic E-state index is 12.0. The van der Waals surface area contributed by atoms with Crippen LogP contribution in [0.5, 0.6) is 0 Å². The van der Waals surface area contributed by atoms with Gasteiger partial charge in [-0.1, -0.05) is 30.3 Å². The standard InChI is InChI=1S/C17H16N2O3/c1-2-22-17(21)19-15-10-11-18-12-14(15)8-9-16(20)13-6-4-3-5-7-13/h3-12H,2H2,1H3,(H,18,19,21). The molecule has 0 fully saturated rings. The monoisotopic (exact) mass is 296 g/mol. The van der Waals surface area contributed by atoms with Crippen molar-refractivity contribution in [3.63, 3.8) is 0 Å². The zero-order valence-corrected chi connectivity index (χ0v) is 12.2. The van der Waals surface area contributed by atoms with E-state index >= 15 is 0 Å². The summed E-state index contributed by atoms with van der Waals surface area (Å²) in [6, 6.07) is 10.6. The lowest BCUT2D eigenvalue weighted by atomic mass is 10.1. The van der Waals surface area contributed by atoms with Gasteiger partial charge in [-0.15, -0.1) is 0 Å². The fourth-order valence-electron chi connectivity index (χ4n) is 1.79. The second kappa shape index (κ2) is 7.73. The highest BCUT2D eigenvalue weighted by atomic mass is 16.5. The van der Waals surface area contributed by atoms with Crippen molar-refractivity contribution in [3.05, 3.63) is 66.0 Å². The number of aromatic nitrogens is 1. The van der Waals surface area contributed by atoms with E-state index in [4.69, 9.17) is 4.74 Å². The van der Waals surface area contributed by atoms with E-state index in [2.05, 4.69) is 10.3 Å². The number of carbonyl (C=O) groups is 2. The highest BCUT2D eigenvalue weighted by Gasteiger charge is 2.06. The number of ether oxygens (including phenoxy) is 1. The van der Waals surface area contributed by atoms with Crippen LogP contribution < -0.4 is 5.32 Å². The molecule has 5 nitrogen and oxygen atoms in total. The van der Waals surface area contributed by atoms with E-state index in [0.717, 1.165) is 0 Å². The van der Waals surface area contributed by atoms with E-state index in [1.54, 1.807) is 55.7 Å². The Labute approximate surface area is 128 Å². The molecule has 0 spiro atoms. The van der Waals surface area contributed by atoms with Gasteiger partial charge in [-0.05, 0) is 25.1 Å². The highest BCUT2D eigenvalue weighted by molar-refractivity contribution is 6.07. The lowest BCUT2D eigenvalue weighted by molar-refractivity contribution is 0.104. The summed E-state index contributed by atoms with van der Waals surface area (Å²) in [5.74, 6) is -0.119. The van der Waals surface area contributed by atoms with Gasteiger partial charge in [0.15, 0.2) is 5.78 Å². The molecule has 2 rings (SSSR count). The minimum atomic E-state index is -0.544. The number of amides is 1. The van der Waals surface area contributed by atoms with Crippen molar-refractivity contribution >= 4 is 23.6 Å². The van der Waals surface area contributed by atoms with Crippen LogP contribution in [0, 0.1) is 0 Å². The van der Waals surface area contributed by atoms with Crippen molar-refractivity contribution < 1.29 is 14.3 Å². The third kappa shape index (κ3) is 4.28. The molecule has 2 aromatic rings. The zero-order valence-electron chi connectivity index (χ0n) is 12.2. The van der Waals surface area contributed by atoms with Gasteiger partial charge in [0, 0.05) is 23.5 Å².